The summed E-state index contributed by atoms with van der Waals surface area (Å²) >= 11 is 0. The molecule has 1 atom stereocenters. The van der Waals surface area contributed by atoms with Crippen molar-refractivity contribution >= 4 is 5.96 Å². The van der Waals surface area contributed by atoms with Crippen molar-refractivity contribution in [3.8, 4) is 0 Å². The Hall–Kier alpha value is -0.770. The second-order valence-electron chi connectivity index (χ2n) is 5.96. The first kappa shape index (κ1) is 11.7. The Bertz CT molecular complexity index is 306. The monoisotopic (exact) mass is 224 g/mol. The summed E-state index contributed by atoms with van der Waals surface area (Å²) in [5, 5.41) is 0. The van der Waals surface area contributed by atoms with Crippen LogP contribution in [0.5, 0.6) is 0 Å². The van der Waals surface area contributed by atoms with Crippen molar-refractivity contribution in [2.75, 3.05) is 33.7 Å². The lowest BCUT2D eigenvalue weighted by Crippen LogP contribution is -2.56. The van der Waals surface area contributed by atoms with Crippen molar-refractivity contribution in [2.45, 2.75) is 32.2 Å². The van der Waals surface area contributed by atoms with E-state index in [1.807, 2.05) is 0 Å². The van der Waals surface area contributed by atoms with Crippen LogP contribution in [0.4, 0.5) is 0 Å². The summed E-state index contributed by atoms with van der Waals surface area (Å²) in [6.45, 7) is 7.56. The SMILES string of the molecule is CN(C)CCN1C(N)=NCC1(C)C1(C)CC1. The molecule has 1 heterocycles. The highest BCUT2D eigenvalue weighted by Crippen LogP contribution is 2.57. The van der Waals surface area contributed by atoms with Crippen molar-refractivity contribution in [2.24, 2.45) is 16.1 Å². The third kappa shape index (κ3) is 1.69. The number of likely N-dealkylation sites (N-methyl/N-ethyl adjacent to an activating group) is 1. The van der Waals surface area contributed by atoms with Gasteiger partial charge in [-0.05, 0) is 39.3 Å². The van der Waals surface area contributed by atoms with Gasteiger partial charge in [-0.15, -0.1) is 0 Å². The zero-order chi connectivity index (χ0) is 12.0. The van der Waals surface area contributed by atoms with Crippen molar-refractivity contribution in [1.82, 2.24) is 9.80 Å². The van der Waals surface area contributed by atoms with E-state index in [1.165, 1.54) is 12.8 Å². The predicted octanol–water partition coefficient (Wildman–Crippen LogP) is 0.737. The van der Waals surface area contributed by atoms with Gasteiger partial charge in [0.05, 0.1) is 12.1 Å². The van der Waals surface area contributed by atoms with Crippen LogP contribution in [0, 0.1) is 5.41 Å². The van der Waals surface area contributed by atoms with Crippen LogP contribution in [0.2, 0.25) is 0 Å². The number of rotatable bonds is 4. The van der Waals surface area contributed by atoms with E-state index in [0.29, 0.717) is 5.41 Å². The summed E-state index contributed by atoms with van der Waals surface area (Å²) in [6.07, 6.45) is 2.62. The fraction of sp³-hybridized carbons (Fsp3) is 0.917. The number of hydrogen-bond donors (Lipinski definition) is 1. The molecule has 0 amide bonds. The van der Waals surface area contributed by atoms with E-state index >= 15 is 0 Å². The van der Waals surface area contributed by atoms with E-state index < -0.39 is 0 Å². The smallest absolute Gasteiger partial charge is 0.191 e. The standard InChI is InChI=1S/C12H24N4/c1-11(5-6-11)12(2)9-14-10(13)16(12)8-7-15(3)4/h5-9H2,1-4H3,(H2,13,14). The van der Waals surface area contributed by atoms with Crippen LogP contribution in [0.15, 0.2) is 4.99 Å². The Morgan fingerprint density at radius 2 is 2.00 bits per heavy atom. The normalized spacial score (nSPS) is 32.1. The molecule has 0 spiro atoms. The maximum Gasteiger partial charge on any atom is 0.191 e. The lowest BCUT2D eigenvalue weighted by molar-refractivity contribution is 0.124. The zero-order valence-corrected chi connectivity index (χ0v) is 11.0. The molecule has 16 heavy (non-hydrogen) atoms. The van der Waals surface area contributed by atoms with Gasteiger partial charge in [-0.3, -0.25) is 4.99 Å². The minimum atomic E-state index is 0.146. The fourth-order valence-electron chi connectivity index (χ4n) is 2.56. The number of nitrogens with two attached hydrogens (primary N) is 1. The topological polar surface area (TPSA) is 44.9 Å². The molecule has 4 heteroatoms. The van der Waals surface area contributed by atoms with Crippen LogP contribution in [-0.4, -0.2) is 55.0 Å². The van der Waals surface area contributed by atoms with Gasteiger partial charge in [-0.2, -0.15) is 0 Å². The molecule has 2 N–H and O–H groups in total. The van der Waals surface area contributed by atoms with Gasteiger partial charge in [0.15, 0.2) is 5.96 Å². The van der Waals surface area contributed by atoms with Gasteiger partial charge in [0.25, 0.3) is 0 Å². The van der Waals surface area contributed by atoms with Crippen LogP contribution >= 0.6 is 0 Å². The molecule has 0 aromatic heterocycles. The summed E-state index contributed by atoms with van der Waals surface area (Å²) in [4.78, 5) is 8.97. The molecule has 1 aliphatic carbocycles. The van der Waals surface area contributed by atoms with Gasteiger partial charge in [0.1, 0.15) is 0 Å². The van der Waals surface area contributed by atoms with Gasteiger partial charge in [-0.1, -0.05) is 6.92 Å². The second kappa shape index (κ2) is 3.62. The third-order valence-corrected chi connectivity index (χ3v) is 4.49. The van der Waals surface area contributed by atoms with E-state index in [1.54, 1.807) is 0 Å². The lowest BCUT2D eigenvalue weighted by atomic mass is 9.83. The van der Waals surface area contributed by atoms with E-state index in [9.17, 15) is 0 Å². The van der Waals surface area contributed by atoms with E-state index in [4.69, 9.17) is 5.73 Å². The number of aliphatic imine (C=N–C) groups is 1. The van der Waals surface area contributed by atoms with Gasteiger partial charge in [0.2, 0.25) is 0 Å². The summed E-state index contributed by atoms with van der Waals surface area (Å²) < 4.78 is 0. The molecule has 0 radical (unpaired) electrons. The van der Waals surface area contributed by atoms with Crippen LogP contribution < -0.4 is 5.73 Å². The molecular formula is C12H24N4. The average molecular weight is 224 g/mol. The first-order chi connectivity index (χ1) is 7.39. The number of guanidine groups is 1. The molecule has 4 nitrogen and oxygen atoms in total. The second-order valence-corrected chi connectivity index (χ2v) is 5.96. The summed E-state index contributed by atoms with van der Waals surface area (Å²) in [6, 6.07) is 0. The summed E-state index contributed by atoms with van der Waals surface area (Å²) in [7, 11) is 4.19. The highest BCUT2D eigenvalue weighted by Gasteiger charge is 2.58. The van der Waals surface area contributed by atoms with Crippen molar-refractivity contribution in [3.63, 3.8) is 0 Å². The van der Waals surface area contributed by atoms with Crippen molar-refractivity contribution < 1.29 is 0 Å². The number of nitrogens with zero attached hydrogens (tertiary/aromatic N) is 3. The van der Waals surface area contributed by atoms with Crippen LogP contribution in [0.3, 0.4) is 0 Å². The Labute approximate surface area is 98.5 Å². The quantitative estimate of drug-likeness (QED) is 0.766. The zero-order valence-electron chi connectivity index (χ0n) is 11.0. The molecule has 0 bridgehead atoms. The van der Waals surface area contributed by atoms with E-state index in [-0.39, 0.29) is 5.54 Å². The lowest BCUT2D eigenvalue weighted by Gasteiger charge is -2.42. The molecule has 0 aromatic carbocycles. The number of hydrogen-bond acceptors (Lipinski definition) is 4. The Kier molecular flexibility index (Phi) is 2.65. The molecule has 1 unspecified atom stereocenters. The largest absolute Gasteiger partial charge is 0.370 e. The minimum absolute atomic E-state index is 0.146. The molecule has 2 rings (SSSR count). The van der Waals surface area contributed by atoms with Gasteiger partial charge < -0.3 is 15.5 Å². The fourth-order valence-corrected chi connectivity index (χ4v) is 2.56. The predicted molar refractivity (Wildman–Crippen MR) is 67.5 cm³/mol. The van der Waals surface area contributed by atoms with Crippen molar-refractivity contribution in [3.05, 3.63) is 0 Å². The third-order valence-electron chi connectivity index (χ3n) is 4.49. The van der Waals surface area contributed by atoms with Gasteiger partial charge in [-0.25, -0.2) is 0 Å². The van der Waals surface area contributed by atoms with Crippen LogP contribution in [-0.2, 0) is 0 Å². The summed E-state index contributed by atoms with van der Waals surface area (Å²) in [5.74, 6) is 0.734. The highest BCUT2D eigenvalue weighted by atomic mass is 15.4. The molecular weight excluding hydrogens is 200 g/mol. The molecule has 1 saturated carbocycles. The van der Waals surface area contributed by atoms with Crippen LogP contribution in [0.1, 0.15) is 26.7 Å². The molecule has 2 aliphatic rings. The first-order valence-corrected chi connectivity index (χ1v) is 6.11. The molecule has 1 aliphatic heterocycles. The highest BCUT2D eigenvalue weighted by molar-refractivity contribution is 5.81. The average Bonchev–Trinajstić information content (AvgIpc) is 2.87. The first-order valence-electron chi connectivity index (χ1n) is 6.11. The van der Waals surface area contributed by atoms with Gasteiger partial charge in [0, 0.05) is 13.1 Å². The summed E-state index contributed by atoms with van der Waals surface area (Å²) in [5.41, 5.74) is 6.59. The molecule has 92 valence electrons. The minimum Gasteiger partial charge on any atom is -0.370 e. The Morgan fingerprint density at radius 3 is 2.50 bits per heavy atom. The Morgan fingerprint density at radius 1 is 1.38 bits per heavy atom. The maximum absolute atomic E-state index is 6.02. The molecule has 0 aromatic rings. The molecule has 1 fully saturated rings. The molecule has 0 saturated heterocycles. The van der Waals surface area contributed by atoms with Crippen molar-refractivity contribution in [1.29, 1.82) is 0 Å². The van der Waals surface area contributed by atoms with E-state index in [0.717, 1.165) is 25.6 Å². The van der Waals surface area contributed by atoms with Crippen LogP contribution in [0.25, 0.3) is 0 Å². The Balaban J connectivity index is 2.09. The van der Waals surface area contributed by atoms with E-state index in [2.05, 4.69) is 42.7 Å². The maximum atomic E-state index is 6.02. The van der Waals surface area contributed by atoms with Gasteiger partial charge >= 0.3 is 0 Å².